The van der Waals surface area contributed by atoms with E-state index in [1.165, 1.54) is 0 Å². The van der Waals surface area contributed by atoms with Gasteiger partial charge in [0, 0.05) is 0 Å². The lowest BCUT2D eigenvalue weighted by Gasteiger charge is -1.78. The molecule has 0 fully saturated rings. The molecule has 0 aromatic carbocycles. The first kappa shape index (κ1) is 5.10. The molecule has 0 unspecified atom stereocenters. The van der Waals surface area contributed by atoms with Crippen molar-refractivity contribution < 1.29 is 4.92 Å². The van der Waals surface area contributed by atoms with Gasteiger partial charge in [0.05, 0.1) is 5.10 Å². The van der Waals surface area contributed by atoms with Gasteiger partial charge in [-0.2, -0.15) is 0 Å². The molecular formula is C2N3O2S. The predicted molar refractivity (Wildman–Crippen MR) is 25.4 cm³/mol. The van der Waals surface area contributed by atoms with Crippen molar-refractivity contribution in [3.63, 3.8) is 0 Å². The minimum absolute atomic E-state index is 0.218. The quantitative estimate of drug-likeness (QED) is 0.403. The summed E-state index contributed by atoms with van der Waals surface area (Å²) in [6.45, 7) is 0. The summed E-state index contributed by atoms with van der Waals surface area (Å²) in [6, 6.07) is 0. The van der Waals surface area contributed by atoms with Crippen LogP contribution in [0.2, 0.25) is 0 Å². The van der Waals surface area contributed by atoms with E-state index >= 15 is 0 Å². The Hall–Kier alpha value is -1.04. The number of nitro groups is 1. The largest absolute Gasteiger partial charge is 0.450 e. The molecule has 0 saturated carbocycles. The second kappa shape index (κ2) is 1.83. The van der Waals surface area contributed by atoms with E-state index in [0.29, 0.717) is 0 Å². The molecule has 0 aliphatic heterocycles. The summed E-state index contributed by atoms with van der Waals surface area (Å²) in [5.41, 5.74) is 2.25. The second-order valence-electron chi connectivity index (χ2n) is 0.933. The standard InChI is InChI=1S/C2N3O2S/c6-5(7)2-4-3-1-8-2. The van der Waals surface area contributed by atoms with Gasteiger partial charge in [0.15, 0.2) is 0 Å². The summed E-state index contributed by atoms with van der Waals surface area (Å²) in [4.78, 5) is 9.15. The van der Waals surface area contributed by atoms with Gasteiger partial charge in [-0.1, -0.05) is 0 Å². The molecule has 0 atom stereocenters. The Morgan fingerprint density at radius 2 is 2.62 bits per heavy atom. The molecule has 1 aromatic rings. The minimum atomic E-state index is -0.603. The molecule has 0 N–H and O–H groups in total. The van der Waals surface area contributed by atoms with Gasteiger partial charge in [-0.15, -0.1) is 0 Å². The number of nitrogens with zero attached hydrogens (tertiary/aromatic N) is 3. The maximum atomic E-state index is 9.76. The van der Waals surface area contributed by atoms with Crippen LogP contribution in [0.5, 0.6) is 0 Å². The van der Waals surface area contributed by atoms with Crippen molar-refractivity contribution in [1.82, 2.24) is 10.2 Å². The van der Waals surface area contributed by atoms with Gasteiger partial charge in [0.1, 0.15) is 0 Å². The van der Waals surface area contributed by atoms with Gasteiger partial charge in [0.2, 0.25) is 5.51 Å². The molecule has 5 nitrogen and oxygen atoms in total. The lowest BCUT2D eigenvalue weighted by molar-refractivity contribution is -0.385. The Bertz CT molecular complexity index is 183. The second-order valence-corrected chi connectivity index (χ2v) is 1.68. The van der Waals surface area contributed by atoms with Crippen molar-refractivity contribution in [2.75, 3.05) is 0 Å². The van der Waals surface area contributed by atoms with Crippen LogP contribution in [0.3, 0.4) is 0 Å². The van der Waals surface area contributed by atoms with E-state index in [9.17, 15) is 10.1 Å². The van der Waals surface area contributed by atoms with Crippen molar-refractivity contribution in [2.45, 2.75) is 0 Å². The van der Waals surface area contributed by atoms with Crippen LogP contribution in [-0.4, -0.2) is 15.1 Å². The molecule has 8 heavy (non-hydrogen) atoms. The van der Waals surface area contributed by atoms with Gasteiger partial charge in [0.25, 0.3) is 0 Å². The number of rotatable bonds is 1. The molecule has 0 aliphatic carbocycles. The zero-order chi connectivity index (χ0) is 5.98. The first-order valence-electron chi connectivity index (χ1n) is 1.64. The van der Waals surface area contributed by atoms with Gasteiger partial charge >= 0.3 is 5.13 Å². The molecule has 0 spiro atoms. The molecular weight excluding hydrogens is 130 g/mol. The van der Waals surface area contributed by atoms with Crippen LogP contribution in [0.1, 0.15) is 0 Å². The fourth-order valence-electron chi connectivity index (χ4n) is 0.219. The maximum absolute atomic E-state index is 9.76. The van der Waals surface area contributed by atoms with Gasteiger partial charge in [-0.05, 0) is 21.4 Å². The molecule has 0 saturated heterocycles. The van der Waals surface area contributed by atoms with Gasteiger partial charge in [-0.25, -0.2) is 0 Å². The average Bonchev–Trinajstić information content (AvgIpc) is 2.12. The molecule has 6 heteroatoms. The highest BCUT2D eigenvalue weighted by molar-refractivity contribution is 7.12. The van der Waals surface area contributed by atoms with Crippen LogP contribution >= 0.6 is 11.3 Å². The average molecular weight is 130 g/mol. The van der Waals surface area contributed by atoms with E-state index < -0.39 is 4.92 Å². The third-order valence-electron chi connectivity index (χ3n) is 0.469. The minimum Gasteiger partial charge on any atom is -0.357 e. The number of hydrogen-bond donors (Lipinski definition) is 0. The Balaban J connectivity index is 2.93. The molecule has 0 bridgehead atoms. The number of hydrogen-bond acceptors (Lipinski definition) is 5. The number of aromatic nitrogens is 2. The Labute approximate surface area is 48.1 Å². The van der Waals surface area contributed by atoms with Crippen LogP contribution in [0.25, 0.3) is 0 Å². The maximum Gasteiger partial charge on any atom is 0.450 e. The summed E-state index contributed by atoms with van der Waals surface area (Å²) >= 11 is 0.785. The highest BCUT2D eigenvalue weighted by atomic mass is 32.1. The third kappa shape index (κ3) is 0.784. The van der Waals surface area contributed by atoms with E-state index in [2.05, 4.69) is 15.7 Å². The first-order valence-corrected chi connectivity index (χ1v) is 2.46. The lowest BCUT2D eigenvalue weighted by atomic mass is 11.3. The zero-order valence-electron chi connectivity index (χ0n) is 3.57. The highest BCUT2D eigenvalue weighted by Gasteiger charge is 2.07. The van der Waals surface area contributed by atoms with Crippen molar-refractivity contribution >= 4 is 16.5 Å². The smallest absolute Gasteiger partial charge is 0.357 e. The Morgan fingerprint density at radius 1 is 1.88 bits per heavy atom. The summed E-state index contributed by atoms with van der Waals surface area (Å²) < 4.78 is 0. The van der Waals surface area contributed by atoms with Gasteiger partial charge in [-0.3, -0.25) is 0 Å². The molecule has 0 amide bonds. The highest BCUT2D eigenvalue weighted by Crippen LogP contribution is 2.09. The van der Waals surface area contributed by atoms with Crippen molar-refractivity contribution in [1.29, 1.82) is 0 Å². The topological polar surface area (TPSA) is 68.9 Å². The summed E-state index contributed by atoms with van der Waals surface area (Å²) in [6.07, 6.45) is 0. The van der Waals surface area contributed by atoms with E-state index in [1.807, 2.05) is 0 Å². The molecule has 0 aliphatic rings. The van der Waals surface area contributed by atoms with Crippen molar-refractivity contribution in [2.24, 2.45) is 0 Å². The van der Waals surface area contributed by atoms with E-state index in [1.54, 1.807) is 0 Å². The monoisotopic (exact) mass is 130 g/mol. The van der Waals surface area contributed by atoms with Crippen LogP contribution in [0, 0.1) is 15.6 Å². The third-order valence-corrected chi connectivity index (χ3v) is 1.06. The van der Waals surface area contributed by atoms with Crippen LogP contribution in [0.15, 0.2) is 0 Å². The predicted octanol–water partition coefficient (Wildman–Crippen LogP) is 0.246. The van der Waals surface area contributed by atoms with Crippen LogP contribution in [-0.2, 0) is 0 Å². The van der Waals surface area contributed by atoms with Crippen molar-refractivity contribution in [3.05, 3.63) is 15.6 Å². The normalized spacial score (nSPS) is 9.00. The summed E-state index contributed by atoms with van der Waals surface area (Å²) in [5, 5.41) is 15.8. The summed E-state index contributed by atoms with van der Waals surface area (Å²) in [7, 11) is 0. The Kier molecular flexibility index (Phi) is 1.17. The van der Waals surface area contributed by atoms with Gasteiger partial charge < -0.3 is 10.1 Å². The SMILES string of the molecule is O=[N+]([O-])c1nn[c]s1. The van der Waals surface area contributed by atoms with Crippen LogP contribution < -0.4 is 0 Å². The zero-order valence-corrected chi connectivity index (χ0v) is 4.38. The molecule has 1 heterocycles. The molecule has 1 rings (SSSR count). The fraction of sp³-hybridized carbons (Fsp3) is 0. The van der Waals surface area contributed by atoms with Crippen LogP contribution in [0.4, 0.5) is 5.13 Å². The lowest BCUT2D eigenvalue weighted by Crippen LogP contribution is -1.84. The van der Waals surface area contributed by atoms with Crippen molar-refractivity contribution in [3.8, 4) is 0 Å². The van der Waals surface area contributed by atoms with E-state index in [4.69, 9.17) is 0 Å². The fourth-order valence-corrected chi connectivity index (χ4v) is 0.538. The molecule has 1 aromatic heterocycles. The van der Waals surface area contributed by atoms with E-state index in [0.717, 1.165) is 11.3 Å². The Morgan fingerprint density at radius 3 is 2.88 bits per heavy atom. The van der Waals surface area contributed by atoms with E-state index in [-0.39, 0.29) is 5.13 Å². The summed E-state index contributed by atoms with van der Waals surface area (Å²) in [5.74, 6) is 0. The molecule has 41 valence electrons. The first-order chi connectivity index (χ1) is 3.80. The molecule has 1 radical (unpaired) electrons.